The first kappa shape index (κ1) is 18.3. The lowest BCUT2D eigenvalue weighted by Gasteiger charge is -2.29. The van der Waals surface area contributed by atoms with Gasteiger partial charge in [-0.1, -0.05) is 60.3 Å². The molecule has 3 aromatic rings. The molecule has 0 saturated carbocycles. The smallest absolute Gasteiger partial charge is 0.261 e. The fraction of sp³-hybridized carbons (Fsp3) is 0.0870. The number of carbonyl (C=O) groups is 1. The van der Waals surface area contributed by atoms with Crippen LogP contribution in [-0.2, 0) is 11.4 Å². The Bertz CT molecular complexity index is 975. The summed E-state index contributed by atoms with van der Waals surface area (Å²) in [6.45, 7) is 0.714. The van der Waals surface area contributed by atoms with Crippen molar-refractivity contribution in [3.8, 4) is 0 Å². The van der Waals surface area contributed by atoms with E-state index in [1.165, 1.54) is 16.3 Å². The molecule has 2 N–H and O–H groups in total. The van der Waals surface area contributed by atoms with Crippen molar-refractivity contribution in [1.82, 2.24) is 4.98 Å². The molecule has 4 nitrogen and oxygen atoms in total. The summed E-state index contributed by atoms with van der Waals surface area (Å²) in [4.78, 5) is 18.1. The average Bonchev–Trinajstić information content (AvgIpc) is 3.13. The minimum atomic E-state index is 0.0369. The molecule has 1 aromatic heterocycles. The minimum Gasteiger partial charge on any atom is -0.425 e. The number of rotatable bonds is 6. The van der Waals surface area contributed by atoms with Gasteiger partial charge in [0.1, 0.15) is 0 Å². The van der Waals surface area contributed by atoms with Gasteiger partial charge in [-0.25, -0.2) is 0 Å². The van der Waals surface area contributed by atoms with Gasteiger partial charge in [-0.3, -0.25) is 4.79 Å². The third kappa shape index (κ3) is 3.96. The van der Waals surface area contributed by atoms with Crippen LogP contribution in [-0.4, -0.2) is 29.7 Å². The number of carbonyl (C=O) groups excluding carboxylic acids is 1. The molecule has 5 heteroatoms. The molecule has 1 atom stereocenters. The van der Waals surface area contributed by atoms with Crippen molar-refractivity contribution in [3.05, 3.63) is 107 Å². The number of likely N-dealkylation sites (N-methyl/N-ethyl adjacent to an activating group) is 1. The van der Waals surface area contributed by atoms with Crippen LogP contribution in [0.4, 0.5) is 5.69 Å². The van der Waals surface area contributed by atoms with Crippen molar-refractivity contribution in [2.75, 3.05) is 18.9 Å². The highest BCUT2D eigenvalue weighted by Crippen LogP contribution is 2.16. The SMILES string of the molecule is C[NH+]1[C-](CNc2cccc(C(=O)c3ccccc3)c2)C=[S+][C-]1c1cccnc1. The first-order chi connectivity index (χ1) is 13.7. The number of ketones is 1. The third-order valence-electron chi connectivity index (χ3n) is 4.71. The highest BCUT2D eigenvalue weighted by atomic mass is 32.1. The molecule has 1 aliphatic rings. The Morgan fingerprint density at radius 1 is 1.07 bits per heavy atom. The molecule has 4 rings (SSSR count). The molecule has 0 saturated heterocycles. The van der Waals surface area contributed by atoms with Crippen molar-refractivity contribution in [2.24, 2.45) is 0 Å². The minimum absolute atomic E-state index is 0.0369. The fourth-order valence-electron chi connectivity index (χ4n) is 3.13. The summed E-state index contributed by atoms with van der Waals surface area (Å²) in [6, 6.07) is 22.4. The summed E-state index contributed by atoms with van der Waals surface area (Å²) >= 11 is 1.74. The molecular formula is C23H21N3OS. The summed E-state index contributed by atoms with van der Waals surface area (Å²) in [5.41, 5.74) is 3.48. The van der Waals surface area contributed by atoms with E-state index in [1.807, 2.05) is 66.9 Å². The predicted octanol–water partition coefficient (Wildman–Crippen LogP) is 2.21. The van der Waals surface area contributed by atoms with Crippen LogP contribution < -0.4 is 10.2 Å². The second kappa shape index (κ2) is 8.33. The predicted molar refractivity (Wildman–Crippen MR) is 115 cm³/mol. The summed E-state index contributed by atoms with van der Waals surface area (Å²) < 4.78 is 0. The number of hydrogen-bond donors (Lipinski definition) is 2. The lowest BCUT2D eigenvalue weighted by molar-refractivity contribution is -0.826. The molecule has 2 heterocycles. The van der Waals surface area contributed by atoms with E-state index in [9.17, 15) is 4.79 Å². The molecule has 28 heavy (non-hydrogen) atoms. The largest absolute Gasteiger partial charge is 0.425 e. The van der Waals surface area contributed by atoms with Crippen LogP contribution in [0.2, 0.25) is 0 Å². The Labute approximate surface area is 169 Å². The van der Waals surface area contributed by atoms with Gasteiger partial charge in [0.05, 0.1) is 5.37 Å². The zero-order chi connectivity index (χ0) is 19.3. The maximum Gasteiger partial charge on any atom is 0.261 e. The molecule has 1 aliphatic heterocycles. The zero-order valence-electron chi connectivity index (χ0n) is 15.6. The number of pyridine rings is 1. The van der Waals surface area contributed by atoms with Gasteiger partial charge in [0.15, 0.2) is 17.1 Å². The van der Waals surface area contributed by atoms with Crippen LogP contribution in [0.15, 0.2) is 79.1 Å². The van der Waals surface area contributed by atoms with Crippen LogP contribution in [0, 0.1) is 11.4 Å². The molecule has 0 spiro atoms. The lowest BCUT2D eigenvalue weighted by atomic mass is 10.0. The molecule has 0 aliphatic carbocycles. The number of nitrogens with one attached hydrogen (secondary N) is 2. The Balaban J connectivity index is 1.41. The molecule has 0 radical (unpaired) electrons. The third-order valence-corrected chi connectivity index (χ3v) is 5.89. The standard InChI is InChI=1S/C23H21N3OS/c1-26-21(16-28-23(26)19-10-6-12-24-14-19)15-25-20-11-5-9-18(13-20)22(27)17-7-3-2-4-8-17/h2-14,16,25-26H,15H2,1H3. The van der Waals surface area contributed by atoms with Crippen LogP contribution in [0.5, 0.6) is 0 Å². The fourth-order valence-corrected chi connectivity index (χ4v) is 4.22. The van der Waals surface area contributed by atoms with Crippen molar-refractivity contribution in [3.63, 3.8) is 0 Å². The van der Waals surface area contributed by atoms with E-state index >= 15 is 0 Å². The maximum atomic E-state index is 12.7. The second-order valence-corrected chi connectivity index (χ2v) is 7.47. The first-order valence-corrected chi connectivity index (χ1v) is 10.0. The molecule has 1 unspecified atom stereocenters. The summed E-state index contributed by atoms with van der Waals surface area (Å²) in [5, 5.41) is 6.88. The van der Waals surface area contributed by atoms with Gasteiger partial charge in [0, 0.05) is 23.9 Å². The van der Waals surface area contributed by atoms with E-state index in [1.54, 1.807) is 17.5 Å². The van der Waals surface area contributed by atoms with Crippen molar-refractivity contribution in [1.29, 1.82) is 0 Å². The second-order valence-electron chi connectivity index (χ2n) is 6.59. The number of quaternary nitrogens is 1. The maximum absolute atomic E-state index is 12.7. The van der Waals surface area contributed by atoms with E-state index in [-0.39, 0.29) is 5.78 Å². The van der Waals surface area contributed by atoms with E-state index in [0.717, 1.165) is 11.3 Å². The molecule has 2 aromatic carbocycles. The quantitative estimate of drug-likeness (QED) is 0.295. The van der Waals surface area contributed by atoms with Crippen LogP contribution in [0.25, 0.3) is 0 Å². The Hall–Kier alpha value is -3.02. The number of benzene rings is 2. The van der Waals surface area contributed by atoms with Gasteiger partial charge in [-0.15, -0.1) is 6.07 Å². The molecular weight excluding hydrogens is 366 g/mol. The molecule has 0 bridgehead atoms. The van der Waals surface area contributed by atoms with Gasteiger partial charge in [0.2, 0.25) is 0 Å². The van der Waals surface area contributed by atoms with E-state index < -0.39 is 0 Å². The average molecular weight is 388 g/mol. The number of nitrogens with zero attached hydrogens (tertiary/aromatic N) is 1. The number of hydrogen-bond acceptors (Lipinski definition) is 3. The highest BCUT2D eigenvalue weighted by Gasteiger charge is 2.29. The summed E-state index contributed by atoms with van der Waals surface area (Å²) in [6.07, 6.45) is 3.69. The van der Waals surface area contributed by atoms with E-state index in [4.69, 9.17) is 0 Å². The monoisotopic (exact) mass is 387 g/mol. The van der Waals surface area contributed by atoms with Crippen molar-refractivity contribution >= 4 is 28.2 Å². The van der Waals surface area contributed by atoms with Crippen LogP contribution >= 0.6 is 0 Å². The molecule has 0 amide bonds. The first-order valence-electron chi connectivity index (χ1n) is 9.13. The van der Waals surface area contributed by atoms with E-state index in [2.05, 4.69) is 28.8 Å². The summed E-state index contributed by atoms with van der Waals surface area (Å²) in [5.74, 6) is 0.0369. The van der Waals surface area contributed by atoms with Gasteiger partial charge in [-0.05, 0) is 30.9 Å². The Morgan fingerprint density at radius 2 is 1.89 bits per heavy atom. The topological polar surface area (TPSA) is 46.4 Å². The number of aromatic nitrogens is 1. The summed E-state index contributed by atoms with van der Waals surface area (Å²) in [7, 11) is 2.14. The van der Waals surface area contributed by atoms with Gasteiger partial charge in [0.25, 0.3) is 5.37 Å². The number of anilines is 1. The Kier molecular flexibility index (Phi) is 5.46. The van der Waals surface area contributed by atoms with Gasteiger partial charge >= 0.3 is 0 Å². The Morgan fingerprint density at radius 3 is 2.68 bits per heavy atom. The van der Waals surface area contributed by atoms with E-state index in [0.29, 0.717) is 17.7 Å². The van der Waals surface area contributed by atoms with Gasteiger partial charge in [-0.2, -0.15) is 0 Å². The highest BCUT2D eigenvalue weighted by molar-refractivity contribution is 7.80. The van der Waals surface area contributed by atoms with Crippen molar-refractivity contribution < 1.29 is 9.69 Å². The normalized spacial score (nSPS) is 16.3. The van der Waals surface area contributed by atoms with Crippen LogP contribution in [0.3, 0.4) is 0 Å². The van der Waals surface area contributed by atoms with Crippen molar-refractivity contribution in [2.45, 2.75) is 0 Å². The van der Waals surface area contributed by atoms with Gasteiger partial charge < -0.3 is 15.2 Å². The molecule has 140 valence electrons. The molecule has 0 fully saturated rings. The zero-order valence-corrected chi connectivity index (χ0v) is 16.4. The lowest BCUT2D eigenvalue weighted by Crippen LogP contribution is -3.09. The van der Waals surface area contributed by atoms with Crippen LogP contribution in [0.1, 0.15) is 21.5 Å².